The van der Waals surface area contributed by atoms with Crippen LogP contribution < -0.4 is 4.90 Å². The van der Waals surface area contributed by atoms with E-state index in [4.69, 9.17) is 9.26 Å². The summed E-state index contributed by atoms with van der Waals surface area (Å²) in [6.07, 6.45) is -2.38. The third kappa shape index (κ3) is 6.28. The number of hydrogen-bond acceptors (Lipinski definition) is 7. The van der Waals surface area contributed by atoms with Gasteiger partial charge >= 0.3 is 12.3 Å². The molecule has 1 aromatic carbocycles. The van der Waals surface area contributed by atoms with Crippen molar-refractivity contribution in [2.45, 2.75) is 102 Å². The van der Waals surface area contributed by atoms with Gasteiger partial charge in [0.25, 0.3) is 5.89 Å². The van der Waals surface area contributed by atoms with Gasteiger partial charge in [-0.05, 0) is 96.3 Å². The van der Waals surface area contributed by atoms with Crippen molar-refractivity contribution in [1.29, 1.82) is 0 Å². The van der Waals surface area contributed by atoms with Crippen LogP contribution in [-0.2, 0) is 21.4 Å². The monoisotopic (exact) mass is 636 g/mol. The molecular weight excluding hydrogens is 599 g/mol. The molecule has 2 fully saturated rings. The lowest BCUT2D eigenvalue weighted by Crippen LogP contribution is -2.49. The van der Waals surface area contributed by atoms with Gasteiger partial charge < -0.3 is 14.4 Å². The van der Waals surface area contributed by atoms with E-state index in [-0.39, 0.29) is 23.8 Å². The van der Waals surface area contributed by atoms with E-state index in [1.165, 1.54) is 19.9 Å². The number of alkyl halides is 4. The summed E-state index contributed by atoms with van der Waals surface area (Å²) in [7, 11) is 0. The molecule has 5 rings (SSSR count). The molecular formula is C32H37F5N4O4. The predicted octanol–water partition coefficient (Wildman–Crippen LogP) is 7.89. The number of fused-ring (bicyclic) bond motifs is 2. The smallest absolute Gasteiger partial charge is 0.427 e. The van der Waals surface area contributed by atoms with E-state index < -0.39 is 45.8 Å². The van der Waals surface area contributed by atoms with Gasteiger partial charge in [-0.2, -0.15) is 18.2 Å². The molecule has 244 valence electrons. The fourth-order valence-corrected chi connectivity index (χ4v) is 6.29. The molecule has 0 radical (unpaired) electrons. The average Bonchev–Trinajstić information content (AvgIpc) is 3.66. The molecule has 0 saturated heterocycles. The quantitative estimate of drug-likeness (QED) is 0.251. The second-order valence-electron chi connectivity index (χ2n) is 14.0. The van der Waals surface area contributed by atoms with Gasteiger partial charge in [0.05, 0.1) is 11.8 Å². The Morgan fingerprint density at radius 3 is 2.18 bits per heavy atom. The van der Waals surface area contributed by atoms with Crippen molar-refractivity contribution in [3.05, 3.63) is 59.6 Å². The van der Waals surface area contributed by atoms with Crippen LogP contribution in [0.2, 0.25) is 0 Å². The number of carbonyl (C=O) groups is 1. The van der Waals surface area contributed by atoms with Crippen LogP contribution in [0.5, 0.6) is 0 Å². The zero-order chi connectivity index (χ0) is 33.2. The second-order valence-corrected chi connectivity index (χ2v) is 14.0. The van der Waals surface area contributed by atoms with Crippen molar-refractivity contribution in [2.24, 2.45) is 5.41 Å². The van der Waals surface area contributed by atoms with Crippen molar-refractivity contribution in [3.8, 4) is 11.1 Å². The minimum Gasteiger partial charge on any atom is -0.433 e. The Kier molecular flexibility index (Phi) is 7.82. The Morgan fingerprint density at radius 2 is 1.64 bits per heavy atom. The topological polar surface area (TPSA) is 102 Å². The molecule has 0 atom stereocenters. The largest absolute Gasteiger partial charge is 0.433 e. The van der Waals surface area contributed by atoms with Crippen molar-refractivity contribution in [3.63, 3.8) is 0 Å². The number of benzene rings is 1. The minimum atomic E-state index is -4.85. The molecule has 2 aliphatic rings. The molecule has 3 aromatic rings. The molecule has 2 bridgehead atoms. The molecule has 45 heavy (non-hydrogen) atoms. The number of carbonyl (C=O) groups excluding carboxylic acids is 1. The van der Waals surface area contributed by atoms with Crippen molar-refractivity contribution < 1.29 is 41.1 Å². The van der Waals surface area contributed by atoms with Gasteiger partial charge in [-0.15, -0.1) is 0 Å². The summed E-state index contributed by atoms with van der Waals surface area (Å²) in [6, 6.07) is 7.78. The van der Waals surface area contributed by atoms with Crippen molar-refractivity contribution in [2.75, 3.05) is 11.4 Å². The highest BCUT2D eigenvalue weighted by atomic mass is 19.4. The molecule has 13 heteroatoms. The number of rotatable bonds is 8. The van der Waals surface area contributed by atoms with Crippen molar-refractivity contribution >= 4 is 11.9 Å². The van der Waals surface area contributed by atoms with Gasteiger partial charge in [-0.3, -0.25) is 4.90 Å². The van der Waals surface area contributed by atoms with Crippen molar-refractivity contribution in [1.82, 2.24) is 15.1 Å². The van der Waals surface area contributed by atoms with Gasteiger partial charge in [-0.1, -0.05) is 29.4 Å². The lowest BCUT2D eigenvalue weighted by Gasteiger charge is -2.35. The summed E-state index contributed by atoms with van der Waals surface area (Å²) in [4.78, 5) is 23.1. The zero-order valence-electron chi connectivity index (χ0n) is 26.1. The lowest BCUT2D eigenvalue weighted by molar-refractivity contribution is -0.243. The third-order valence-electron chi connectivity index (χ3n) is 9.15. The zero-order valence-corrected chi connectivity index (χ0v) is 26.1. The summed E-state index contributed by atoms with van der Waals surface area (Å²) in [6.45, 7) is 7.30. The number of pyridine rings is 1. The van der Waals surface area contributed by atoms with Gasteiger partial charge in [0.2, 0.25) is 5.60 Å². The summed E-state index contributed by atoms with van der Waals surface area (Å²) in [5, 5.41) is 14.4. The van der Waals surface area contributed by atoms with E-state index in [1.807, 2.05) is 0 Å². The molecule has 0 aliphatic heterocycles. The molecule has 2 saturated carbocycles. The Morgan fingerprint density at radius 1 is 1.02 bits per heavy atom. The SMILES string of the molecule is CC(C)(O)c1ccc(-c2cc(N(CC34CCC(c5noc(C(C)(C)F)n5)(CC3)C4)C(=O)OC(C)(C)C(F)(F)F)ncc2F)cc1. The Labute approximate surface area is 258 Å². The van der Waals surface area contributed by atoms with Crippen LogP contribution in [0.1, 0.15) is 90.9 Å². The van der Waals surface area contributed by atoms with Gasteiger partial charge in [0.15, 0.2) is 11.5 Å². The van der Waals surface area contributed by atoms with E-state index in [0.29, 0.717) is 49.1 Å². The second kappa shape index (κ2) is 10.7. The lowest BCUT2D eigenvalue weighted by atomic mass is 9.81. The number of nitrogens with zero attached hydrogens (tertiary/aromatic N) is 4. The molecule has 2 heterocycles. The van der Waals surface area contributed by atoms with Crippen LogP contribution in [0.3, 0.4) is 0 Å². The number of hydrogen-bond donors (Lipinski definition) is 1. The number of anilines is 1. The van der Waals surface area contributed by atoms with Crippen LogP contribution in [0.25, 0.3) is 11.1 Å². The maximum atomic E-state index is 15.1. The number of ether oxygens (including phenoxy) is 1. The summed E-state index contributed by atoms with van der Waals surface area (Å²) >= 11 is 0. The first-order chi connectivity index (χ1) is 20.6. The van der Waals surface area contributed by atoms with E-state index >= 15 is 4.39 Å². The predicted molar refractivity (Wildman–Crippen MR) is 154 cm³/mol. The first kappa shape index (κ1) is 32.8. The molecule has 0 unspecified atom stereocenters. The van der Waals surface area contributed by atoms with Crippen LogP contribution in [0.4, 0.5) is 32.6 Å². The maximum absolute atomic E-state index is 15.1. The number of amides is 1. The van der Waals surface area contributed by atoms with E-state index in [0.717, 1.165) is 24.9 Å². The van der Waals surface area contributed by atoms with E-state index in [2.05, 4.69) is 15.1 Å². The molecule has 1 amide bonds. The Bertz CT molecular complexity index is 1560. The fraction of sp³-hybridized carbons (Fsp3) is 0.562. The van der Waals surface area contributed by atoms with E-state index in [1.54, 1.807) is 38.1 Å². The highest BCUT2D eigenvalue weighted by molar-refractivity contribution is 5.88. The van der Waals surface area contributed by atoms with Crippen LogP contribution in [0.15, 0.2) is 41.1 Å². The van der Waals surface area contributed by atoms with Gasteiger partial charge in [0, 0.05) is 17.5 Å². The minimum absolute atomic E-state index is 0.0590. The molecule has 0 spiro atoms. The summed E-state index contributed by atoms with van der Waals surface area (Å²) in [5.74, 6) is -0.567. The van der Waals surface area contributed by atoms with Crippen LogP contribution >= 0.6 is 0 Å². The summed E-state index contributed by atoms with van der Waals surface area (Å²) in [5.41, 5.74) is -5.82. The van der Waals surface area contributed by atoms with Gasteiger partial charge in [0.1, 0.15) is 11.6 Å². The number of aliphatic hydroxyl groups is 1. The number of halogens is 5. The molecule has 8 nitrogen and oxygen atoms in total. The number of aromatic nitrogens is 3. The Hall–Kier alpha value is -3.61. The molecule has 2 aliphatic carbocycles. The van der Waals surface area contributed by atoms with Gasteiger partial charge in [-0.25, -0.2) is 18.6 Å². The highest BCUT2D eigenvalue weighted by Gasteiger charge is 2.59. The molecule has 1 N–H and O–H groups in total. The standard InChI is InChI=1S/C32H37F5N4O4/c1-27(2,34)25-39-24(40-45-25)31-13-11-30(17-31,12-14-31)18-41(26(42)44-29(5,6)32(35,36)37)23-15-21(22(33)16-38-23)19-7-9-20(10-8-19)28(3,4)43/h7-10,15-16,43H,11-14,17-18H2,1-6H3. The first-order valence-corrected chi connectivity index (χ1v) is 14.7. The third-order valence-corrected chi connectivity index (χ3v) is 9.15. The fourth-order valence-electron chi connectivity index (χ4n) is 6.29. The van der Waals surface area contributed by atoms with Crippen LogP contribution in [0, 0.1) is 11.2 Å². The average molecular weight is 637 g/mol. The van der Waals surface area contributed by atoms with Crippen LogP contribution in [-0.4, -0.2) is 44.6 Å². The highest BCUT2D eigenvalue weighted by Crippen LogP contribution is 2.62. The maximum Gasteiger partial charge on any atom is 0.427 e. The van der Waals surface area contributed by atoms with E-state index in [9.17, 15) is 27.5 Å². The molecule has 2 aromatic heterocycles. The first-order valence-electron chi connectivity index (χ1n) is 14.7. The normalized spacial score (nSPS) is 22.1. The Balaban J connectivity index is 1.49. The summed E-state index contributed by atoms with van der Waals surface area (Å²) < 4.78 is 81.1.